The zero-order valence-corrected chi connectivity index (χ0v) is 11.1. The van der Waals surface area contributed by atoms with Crippen LogP contribution >= 0.6 is 0 Å². The van der Waals surface area contributed by atoms with Crippen LogP contribution in [0.5, 0.6) is 0 Å². The van der Waals surface area contributed by atoms with Gasteiger partial charge in [-0.3, -0.25) is 4.79 Å². The van der Waals surface area contributed by atoms with Crippen LogP contribution in [0.1, 0.15) is 41.0 Å². The van der Waals surface area contributed by atoms with Gasteiger partial charge in [0.2, 0.25) is 0 Å². The van der Waals surface area contributed by atoms with Gasteiger partial charge in [-0.2, -0.15) is 0 Å². The Labute approximate surface area is 98.6 Å². The molecular weight excluding hydrogens is 204 g/mol. The maximum atomic E-state index is 10.5. The van der Waals surface area contributed by atoms with Gasteiger partial charge in [0.1, 0.15) is 6.04 Å². The first kappa shape index (κ1) is 15.4. The van der Waals surface area contributed by atoms with Gasteiger partial charge >= 0.3 is 5.97 Å². The normalized spacial score (nSPS) is 14.9. The third-order valence-electron chi connectivity index (χ3n) is 3.55. The summed E-state index contributed by atoms with van der Waals surface area (Å²) in [6.45, 7) is 12.5. The number of carbonyl (C=O) groups is 1. The Morgan fingerprint density at radius 2 is 1.81 bits per heavy atom. The van der Waals surface area contributed by atoms with Crippen LogP contribution in [0.15, 0.2) is 0 Å². The highest BCUT2D eigenvalue weighted by Gasteiger charge is 2.32. The molecule has 0 saturated heterocycles. The Kier molecular flexibility index (Phi) is 5.42. The molecule has 4 heteroatoms. The van der Waals surface area contributed by atoms with E-state index in [0.717, 1.165) is 6.54 Å². The minimum Gasteiger partial charge on any atom is -0.480 e. The van der Waals surface area contributed by atoms with Crippen LogP contribution in [0, 0.1) is 10.8 Å². The van der Waals surface area contributed by atoms with Crippen molar-refractivity contribution < 1.29 is 9.90 Å². The predicted molar refractivity (Wildman–Crippen MR) is 66.3 cm³/mol. The summed E-state index contributed by atoms with van der Waals surface area (Å²) >= 11 is 0. The largest absolute Gasteiger partial charge is 0.480 e. The van der Waals surface area contributed by atoms with Crippen molar-refractivity contribution >= 4 is 5.97 Å². The second-order valence-corrected chi connectivity index (χ2v) is 6.04. The molecule has 0 aromatic carbocycles. The van der Waals surface area contributed by atoms with Gasteiger partial charge in [0.15, 0.2) is 0 Å². The van der Waals surface area contributed by atoms with E-state index in [2.05, 4.69) is 39.9 Å². The van der Waals surface area contributed by atoms with Gasteiger partial charge in [-0.1, -0.05) is 34.6 Å². The van der Waals surface area contributed by atoms with Crippen LogP contribution in [0.2, 0.25) is 0 Å². The minimum absolute atomic E-state index is 0.167. The van der Waals surface area contributed by atoms with E-state index in [0.29, 0.717) is 13.0 Å². The average Bonchev–Trinajstić information content (AvgIpc) is 2.09. The standard InChI is InChI=1S/C12H26N2O2/c1-11(2,3)12(4,5)8-14-7-6-9(13)10(15)16/h9,14H,6-8,13H2,1-5H3,(H,15,16). The lowest BCUT2D eigenvalue weighted by Gasteiger charge is -2.39. The Balaban J connectivity index is 3.87. The van der Waals surface area contributed by atoms with Crippen LogP contribution in [0.25, 0.3) is 0 Å². The number of aliphatic carboxylic acids is 1. The molecule has 0 aromatic rings. The van der Waals surface area contributed by atoms with E-state index >= 15 is 0 Å². The molecule has 0 rings (SSSR count). The first-order valence-corrected chi connectivity index (χ1v) is 5.77. The van der Waals surface area contributed by atoms with E-state index in [4.69, 9.17) is 10.8 Å². The molecule has 0 radical (unpaired) electrons. The lowest BCUT2D eigenvalue weighted by atomic mass is 9.69. The Morgan fingerprint density at radius 1 is 1.31 bits per heavy atom. The Hall–Kier alpha value is -0.610. The molecule has 0 saturated carbocycles. The fourth-order valence-electron chi connectivity index (χ4n) is 1.05. The third-order valence-corrected chi connectivity index (χ3v) is 3.55. The van der Waals surface area contributed by atoms with Crippen molar-refractivity contribution in [3.63, 3.8) is 0 Å². The van der Waals surface area contributed by atoms with E-state index in [1.807, 2.05) is 0 Å². The first-order valence-electron chi connectivity index (χ1n) is 5.77. The van der Waals surface area contributed by atoms with Crippen LogP contribution < -0.4 is 11.1 Å². The van der Waals surface area contributed by atoms with Crippen molar-refractivity contribution in [2.75, 3.05) is 13.1 Å². The van der Waals surface area contributed by atoms with Crippen LogP contribution in [-0.4, -0.2) is 30.2 Å². The number of carboxylic acid groups (broad SMARTS) is 1. The summed E-state index contributed by atoms with van der Waals surface area (Å²) in [5.74, 6) is -0.933. The summed E-state index contributed by atoms with van der Waals surface area (Å²) in [5.41, 5.74) is 5.80. The van der Waals surface area contributed by atoms with E-state index in [1.165, 1.54) is 0 Å². The highest BCUT2D eigenvalue weighted by Crippen LogP contribution is 2.36. The fourth-order valence-corrected chi connectivity index (χ4v) is 1.05. The van der Waals surface area contributed by atoms with Crippen LogP contribution in [0.4, 0.5) is 0 Å². The molecule has 0 aliphatic carbocycles. The van der Waals surface area contributed by atoms with Gasteiger partial charge < -0.3 is 16.2 Å². The van der Waals surface area contributed by atoms with Crippen molar-refractivity contribution in [3.8, 4) is 0 Å². The molecule has 0 aliphatic rings. The summed E-state index contributed by atoms with van der Waals surface area (Å²) in [6, 6.07) is -0.759. The highest BCUT2D eigenvalue weighted by molar-refractivity contribution is 5.72. The van der Waals surface area contributed by atoms with E-state index in [-0.39, 0.29) is 10.8 Å². The lowest BCUT2D eigenvalue weighted by Crippen LogP contribution is -2.41. The van der Waals surface area contributed by atoms with Gasteiger partial charge in [-0.05, 0) is 23.8 Å². The number of rotatable bonds is 6. The molecule has 0 amide bonds. The number of nitrogens with two attached hydrogens (primary N) is 1. The molecule has 0 bridgehead atoms. The first-order chi connectivity index (χ1) is 7.08. The maximum absolute atomic E-state index is 10.5. The topological polar surface area (TPSA) is 75.3 Å². The molecule has 0 fully saturated rings. The SMILES string of the molecule is CC(C)(C)C(C)(C)CNCCC(N)C(=O)O. The van der Waals surface area contributed by atoms with E-state index in [1.54, 1.807) is 0 Å². The molecule has 0 aromatic heterocycles. The van der Waals surface area contributed by atoms with Gasteiger partial charge in [-0.15, -0.1) is 0 Å². The molecule has 96 valence electrons. The molecule has 1 unspecified atom stereocenters. The number of nitrogens with one attached hydrogen (secondary N) is 1. The summed E-state index contributed by atoms with van der Waals surface area (Å²) in [4.78, 5) is 10.5. The fraction of sp³-hybridized carbons (Fsp3) is 0.917. The highest BCUT2D eigenvalue weighted by atomic mass is 16.4. The number of hydrogen-bond donors (Lipinski definition) is 3. The van der Waals surface area contributed by atoms with E-state index < -0.39 is 12.0 Å². The monoisotopic (exact) mass is 230 g/mol. The number of carboxylic acids is 1. The molecule has 0 spiro atoms. The summed E-state index contributed by atoms with van der Waals surface area (Å²) in [6.07, 6.45) is 0.468. The van der Waals surface area contributed by atoms with Crippen molar-refractivity contribution in [1.82, 2.24) is 5.32 Å². The number of hydrogen-bond acceptors (Lipinski definition) is 3. The second kappa shape index (κ2) is 5.64. The minimum atomic E-state index is -0.933. The van der Waals surface area contributed by atoms with Crippen LogP contribution in [-0.2, 0) is 4.79 Å². The van der Waals surface area contributed by atoms with Crippen molar-refractivity contribution in [2.45, 2.75) is 47.1 Å². The maximum Gasteiger partial charge on any atom is 0.320 e. The summed E-state index contributed by atoms with van der Waals surface area (Å²) in [5, 5.41) is 11.9. The molecular formula is C12H26N2O2. The quantitative estimate of drug-likeness (QED) is 0.604. The summed E-state index contributed by atoms with van der Waals surface area (Å²) in [7, 11) is 0. The van der Waals surface area contributed by atoms with Gasteiger partial charge in [0, 0.05) is 6.54 Å². The van der Waals surface area contributed by atoms with Crippen molar-refractivity contribution in [3.05, 3.63) is 0 Å². The zero-order chi connectivity index (χ0) is 13.0. The Bertz CT molecular complexity index is 232. The predicted octanol–water partition coefficient (Wildman–Crippen LogP) is 1.45. The van der Waals surface area contributed by atoms with Gasteiger partial charge in [0.05, 0.1) is 0 Å². The van der Waals surface area contributed by atoms with Crippen molar-refractivity contribution in [1.29, 1.82) is 0 Å². The molecule has 4 N–H and O–H groups in total. The molecule has 0 heterocycles. The molecule has 4 nitrogen and oxygen atoms in total. The van der Waals surface area contributed by atoms with Gasteiger partial charge in [0.25, 0.3) is 0 Å². The Morgan fingerprint density at radius 3 is 2.19 bits per heavy atom. The smallest absolute Gasteiger partial charge is 0.320 e. The molecule has 16 heavy (non-hydrogen) atoms. The van der Waals surface area contributed by atoms with Crippen LogP contribution in [0.3, 0.4) is 0 Å². The third kappa shape index (κ3) is 4.94. The summed E-state index contributed by atoms with van der Waals surface area (Å²) < 4.78 is 0. The molecule has 0 aliphatic heterocycles. The van der Waals surface area contributed by atoms with E-state index in [9.17, 15) is 4.79 Å². The van der Waals surface area contributed by atoms with Crippen molar-refractivity contribution in [2.24, 2.45) is 16.6 Å². The van der Waals surface area contributed by atoms with Gasteiger partial charge in [-0.25, -0.2) is 0 Å². The average molecular weight is 230 g/mol. The molecule has 1 atom stereocenters. The lowest BCUT2D eigenvalue weighted by molar-refractivity contribution is -0.138. The zero-order valence-electron chi connectivity index (χ0n) is 11.1. The second-order valence-electron chi connectivity index (χ2n) is 6.04.